The van der Waals surface area contributed by atoms with Crippen molar-refractivity contribution in [3.63, 3.8) is 0 Å². The fourth-order valence-electron chi connectivity index (χ4n) is 3.42. The average molecular weight is 442 g/mol. The lowest BCUT2D eigenvalue weighted by atomic mass is 9.95. The van der Waals surface area contributed by atoms with Crippen molar-refractivity contribution < 1.29 is 17.9 Å². The van der Waals surface area contributed by atoms with Gasteiger partial charge in [0.05, 0.1) is 5.69 Å². The number of nitrogens with one attached hydrogen (secondary N) is 1. The van der Waals surface area contributed by atoms with Crippen LogP contribution in [-0.4, -0.2) is 49.2 Å². The summed E-state index contributed by atoms with van der Waals surface area (Å²) in [7, 11) is -3.60. The molecule has 1 fully saturated rings. The molecule has 0 unspecified atom stereocenters. The highest BCUT2D eigenvalue weighted by atomic mass is 79.9. The number of rotatable bonds is 3. The van der Waals surface area contributed by atoms with Crippen LogP contribution in [-0.2, 0) is 10.0 Å². The first-order valence-electron chi connectivity index (χ1n) is 8.56. The van der Waals surface area contributed by atoms with Crippen molar-refractivity contribution in [2.75, 3.05) is 26.3 Å². The second kappa shape index (κ2) is 6.86. The average Bonchev–Trinajstić information content (AvgIpc) is 3.07. The van der Waals surface area contributed by atoms with Gasteiger partial charge in [0.1, 0.15) is 18.1 Å². The number of benzene rings is 1. The number of aromatic amines is 1. The topological polar surface area (TPSA) is 84.5 Å². The lowest BCUT2D eigenvalue weighted by Gasteiger charge is -2.31. The number of nitrogens with zero attached hydrogens (tertiary/aromatic N) is 2. The van der Waals surface area contributed by atoms with Crippen LogP contribution in [0.15, 0.2) is 27.6 Å². The molecule has 2 aromatic rings. The van der Waals surface area contributed by atoms with Crippen LogP contribution in [0.2, 0.25) is 0 Å². The van der Waals surface area contributed by atoms with Crippen molar-refractivity contribution in [3.05, 3.63) is 34.1 Å². The second-order valence-electron chi connectivity index (χ2n) is 6.58. The molecule has 3 heterocycles. The van der Waals surface area contributed by atoms with E-state index in [4.69, 9.17) is 9.47 Å². The van der Waals surface area contributed by atoms with Crippen LogP contribution < -0.4 is 9.47 Å². The smallest absolute Gasteiger partial charge is 0.244 e. The monoisotopic (exact) mass is 441 g/mol. The molecule has 0 amide bonds. The van der Waals surface area contributed by atoms with Crippen molar-refractivity contribution in [3.8, 4) is 11.5 Å². The first-order chi connectivity index (χ1) is 12.4. The number of hydrogen-bond acceptors (Lipinski definition) is 5. The van der Waals surface area contributed by atoms with Gasteiger partial charge in [0.25, 0.3) is 0 Å². The van der Waals surface area contributed by atoms with E-state index in [0.717, 1.165) is 24.2 Å². The predicted octanol–water partition coefficient (Wildman–Crippen LogP) is 2.82. The lowest BCUT2D eigenvalue weighted by molar-refractivity contribution is 0.171. The third kappa shape index (κ3) is 3.23. The molecule has 7 nitrogen and oxygen atoms in total. The molecular formula is C17H20BrN3O4S. The summed E-state index contributed by atoms with van der Waals surface area (Å²) in [4.78, 5) is 0.218. The van der Waals surface area contributed by atoms with Gasteiger partial charge in [-0.15, -0.1) is 0 Å². The molecule has 0 aliphatic carbocycles. The minimum Gasteiger partial charge on any atom is -0.486 e. The molecule has 26 heavy (non-hydrogen) atoms. The predicted molar refractivity (Wildman–Crippen MR) is 99.2 cm³/mol. The molecule has 2 aliphatic heterocycles. The van der Waals surface area contributed by atoms with E-state index in [0.29, 0.717) is 42.3 Å². The van der Waals surface area contributed by atoms with Crippen molar-refractivity contribution in [2.24, 2.45) is 0 Å². The Kier molecular flexibility index (Phi) is 4.70. The van der Waals surface area contributed by atoms with Crippen LogP contribution in [0.3, 0.4) is 0 Å². The Balaban J connectivity index is 1.54. The maximum Gasteiger partial charge on any atom is 0.244 e. The number of halogens is 1. The van der Waals surface area contributed by atoms with E-state index in [1.54, 1.807) is 16.4 Å². The minimum absolute atomic E-state index is 0.218. The van der Waals surface area contributed by atoms with Gasteiger partial charge in [0, 0.05) is 35.2 Å². The molecule has 0 atom stereocenters. The number of hydrogen-bond donors (Lipinski definition) is 1. The first-order valence-corrected chi connectivity index (χ1v) is 10.8. The Labute approximate surface area is 160 Å². The summed E-state index contributed by atoms with van der Waals surface area (Å²) in [5, 5.41) is 7.27. The van der Waals surface area contributed by atoms with E-state index in [-0.39, 0.29) is 10.8 Å². The van der Waals surface area contributed by atoms with Gasteiger partial charge in [0.15, 0.2) is 11.5 Å². The summed E-state index contributed by atoms with van der Waals surface area (Å²) >= 11 is 3.37. The summed E-state index contributed by atoms with van der Waals surface area (Å²) in [6.07, 6.45) is 1.51. The van der Waals surface area contributed by atoms with Crippen molar-refractivity contribution in [1.29, 1.82) is 0 Å². The molecule has 0 radical (unpaired) electrons. The molecule has 0 spiro atoms. The Hall–Kier alpha value is -1.58. The van der Waals surface area contributed by atoms with Crippen molar-refractivity contribution in [2.45, 2.75) is 30.6 Å². The third-order valence-corrected chi connectivity index (χ3v) is 7.67. The number of sulfonamides is 1. The maximum absolute atomic E-state index is 13.1. The number of H-pyrrole nitrogens is 1. The van der Waals surface area contributed by atoms with E-state index < -0.39 is 10.0 Å². The molecule has 140 valence electrons. The standard InChI is InChI=1S/C17H20BrN3O4S/c1-11-8-14(20-19-11)12-2-4-21(5-3-12)26(22,23)17-10-16-15(9-13(17)18)24-6-7-25-16/h8-10,12H,2-7H2,1H3,(H,19,20). The van der Waals surface area contributed by atoms with Crippen LogP contribution in [0, 0.1) is 6.92 Å². The van der Waals surface area contributed by atoms with Gasteiger partial charge in [-0.1, -0.05) is 0 Å². The van der Waals surface area contributed by atoms with Gasteiger partial charge >= 0.3 is 0 Å². The Bertz CT molecular complexity index is 920. The third-order valence-electron chi connectivity index (χ3n) is 4.81. The Morgan fingerprint density at radius 2 is 1.81 bits per heavy atom. The summed E-state index contributed by atoms with van der Waals surface area (Å²) < 4.78 is 39.3. The van der Waals surface area contributed by atoms with Crippen LogP contribution >= 0.6 is 15.9 Å². The molecule has 1 aromatic heterocycles. The fourth-order valence-corrected chi connectivity index (χ4v) is 5.89. The highest BCUT2D eigenvalue weighted by Crippen LogP contribution is 2.39. The van der Waals surface area contributed by atoms with Gasteiger partial charge in [-0.05, 0) is 47.8 Å². The van der Waals surface area contributed by atoms with Gasteiger partial charge < -0.3 is 9.47 Å². The van der Waals surface area contributed by atoms with Crippen molar-refractivity contribution in [1.82, 2.24) is 14.5 Å². The number of ether oxygens (including phenoxy) is 2. The van der Waals surface area contributed by atoms with Gasteiger partial charge in [-0.2, -0.15) is 9.40 Å². The summed E-state index contributed by atoms with van der Waals surface area (Å²) in [5.41, 5.74) is 2.04. The van der Waals surface area contributed by atoms with Gasteiger partial charge in [0.2, 0.25) is 10.0 Å². The zero-order valence-corrected chi connectivity index (χ0v) is 16.8. The SMILES string of the molecule is Cc1cc(C2CCN(S(=O)(=O)c3cc4c(cc3Br)OCCO4)CC2)n[nH]1. The van der Waals surface area contributed by atoms with Gasteiger partial charge in [-0.3, -0.25) is 5.10 Å². The van der Waals surface area contributed by atoms with E-state index in [2.05, 4.69) is 26.1 Å². The van der Waals surface area contributed by atoms with Crippen LogP contribution in [0.25, 0.3) is 0 Å². The maximum atomic E-state index is 13.1. The highest BCUT2D eigenvalue weighted by Gasteiger charge is 2.33. The van der Waals surface area contributed by atoms with Gasteiger partial charge in [-0.25, -0.2) is 8.42 Å². The molecule has 0 saturated carbocycles. The number of fused-ring (bicyclic) bond motifs is 1. The van der Waals surface area contributed by atoms with Crippen LogP contribution in [0.5, 0.6) is 11.5 Å². The van der Waals surface area contributed by atoms with E-state index in [9.17, 15) is 8.42 Å². The van der Waals surface area contributed by atoms with E-state index >= 15 is 0 Å². The normalized spacial score (nSPS) is 18.8. The van der Waals surface area contributed by atoms with Crippen molar-refractivity contribution >= 4 is 26.0 Å². The summed E-state index contributed by atoms with van der Waals surface area (Å²) in [6, 6.07) is 5.25. The molecular weight excluding hydrogens is 422 g/mol. The van der Waals surface area contributed by atoms with Crippen LogP contribution in [0.4, 0.5) is 0 Å². The number of aryl methyl sites for hydroxylation is 1. The fraction of sp³-hybridized carbons (Fsp3) is 0.471. The molecule has 4 rings (SSSR count). The quantitative estimate of drug-likeness (QED) is 0.791. The molecule has 9 heteroatoms. The molecule has 1 aromatic carbocycles. The lowest BCUT2D eigenvalue weighted by Crippen LogP contribution is -2.38. The zero-order chi connectivity index (χ0) is 18.3. The molecule has 2 aliphatic rings. The molecule has 1 N–H and O–H groups in total. The largest absolute Gasteiger partial charge is 0.486 e. The summed E-state index contributed by atoms with van der Waals surface area (Å²) in [5.74, 6) is 1.32. The Morgan fingerprint density at radius 3 is 2.42 bits per heavy atom. The molecule has 1 saturated heterocycles. The zero-order valence-electron chi connectivity index (χ0n) is 14.4. The summed E-state index contributed by atoms with van der Waals surface area (Å²) in [6.45, 7) is 3.80. The molecule has 0 bridgehead atoms. The first kappa shape index (κ1) is 17.8. The number of piperidine rings is 1. The van der Waals surface area contributed by atoms with E-state index in [1.165, 1.54) is 0 Å². The highest BCUT2D eigenvalue weighted by molar-refractivity contribution is 9.10. The number of aromatic nitrogens is 2. The van der Waals surface area contributed by atoms with Crippen LogP contribution in [0.1, 0.15) is 30.1 Å². The second-order valence-corrected chi connectivity index (χ2v) is 9.34. The Morgan fingerprint density at radius 1 is 1.15 bits per heavy atom. The minimum atomic E-state index is -3.60. The van der Waals surface area contributed by atoms with E-state index in [1.807, 2.05) is 13.0 Å².